The lowest BCUT2D eigenvalue weighted by atomic mass is 9.83. The number of halogens is 1. The molecule has 0 amide bonds. The Morgan fingerprint density at radius 3 is 3.00 bits per heavy atom. The Bertz CT molecular complexity index is 847. The zero-order valence-electron chi connectivity index (χ0n) is 12.8. The average molecular weight is 332 g/mol. The van der Waals surface area contributed by atoms with Gasteiger partial charge in [0, 0.05) is 36.3 Å². The summed E-state index contributed by atoms with van der Waals surface area (Å²) < 4.78 is 1.90. The van der Waals surface area contributed by atoms with Crippen LogP contribution in [-0.4, -0.2) is 27.6 Å². The summed E-state index contributed by atoms with van der Waals surface area (Å²) in [4.78, 5) is 20.9. The highest BCUT2D eigenvalue weighted by molar-refractivity contribution is 6.33. The largest absolute Gasteiger partial charge is 0.368 e. The maximum Gasteiger partial charge on any atom is 0.251 e. The first-order valence-electron chi connectivity index (χ1n) is 7.78. The highest BCUT2D eigenvalue weighted by Crippen LogP contribution is 2.35. The van der Waals surface area contributed by atoms with Crippen LogP contribution >= 0.6 is 11.6 Å². The van der Waals surface area contributed by atoms with Gasteiger partial charge in [-0.3, -0.25) is 4.79 Å². The van der Waals surface area contributed by atoms with Crippen LogP contribution < -0.4 is 16.6 Å². The van der Waals surface area contributed by atoms with Crippen LogP contribution in [0.25, 0.3) is 11.3 Å². The minimum absolute atomic E-state index is 0.00000315. The fraction of sp³-hybridized carbons (Fsp3) is 0.438. The molecule has 4 heterocycles. The smallest absolute Gasteiger partial charge is 0.251 e. The number of fused-ring (bicyclic) bond motifs is 4. The maximum absolute atomic E-state index is 12.6. The van der Waals surface area contributed by atoms with Gasteiger partial charge in [-0.25, -0.2) is 9.97 Å². The molecule has 7 heteroatoms. The number of rotatable bonds is 1. The number of nitrogens with one attached hydrogen (secondary N) is 1. The predicted octanol–water partition coefficient (Wildman–Crippen LogP) is 1.56. The number of hydrogen-bond acceptors (Lipinski definition) is 5. The normalized spacial score (nSPS) is 22.7. The first-order chi connectivity index (χ1) is 11.0. The Morgan fingerprint density at radius 2 is 2.17 bits per heavy atom. The SMILES string of the molecule is Cc1nc(N)nc(-c2cc3n(c(=O)c2)C[C@@H]2CNC[C@H]3C2)c1Cl. The number of nitrogens with zero attached hydrogens (tertiary/aromatic N) is 3. The first kappa shape index (κ1) is 14.7. The summed E-state index contributed by atoms with van der Waals surface area (Å²) in [6, 6.07) is 3.63. The van der Waals surface area contributed by atoms with Crippen LogP contribution in [0.5, 0.6) is 0 Å². The van der Waals surface area contributed by atoms with Crippen molar-refractivity contribution in [2.75, 3.05) is 18.8 Å². The Labute approximate surface area is 138 Å². The van der Waals surface area contributed by atoms with Gasteiger partial charge in [-0.05, 0) is 31.9 Å². The zero-order valence-corrected chi connectivity index (χ0v) is 13.6. The van der Waals surface area contributed by atoms with Gasteiger partial charge < -0.3 is 15.6 Å². The van der Waals surface area contributed by atoms with Gasteiger partial charge in [-0.15, -0.1) is 0 Å². The van der Waals surface area contributed by atoms with Gasteiger partial charge in [0.1, 0.15) is 0 Å². The van der Waals surface area contributed by atoms with Gasteiger partial charge in [0.25, 0.3) is 5.56 Å². The Kier molecular flexibility index (Phi) is 3.39. The van der Waals surface area contributed by atoms with E-state index in [-0.39, 0.29) is 11.5 Å². The molecule has 6 nitrogen and oxygen atoms in total. The number of anilines is 1. The summed E-state index contributed by atoms with van der Waals surface area (Å²) in [6.07, 6.45) is 1.12. The molecule has 4 rings (SSSR count). The molecule has 0 unspecified atom stereocenters. The van der Waals surface area contributed by atoms with E-state index in [0.717, 1.165) is 31.7 Å². The van der Waals surface area contributed by atoms with Crippen molar-refractivity contribution < 1.29 is 0 Å². The number of aromatic nitrogens is 3. The number of nitrogens with two attached hydrogens (primary N) is 1. The third-order valence-corrected chi connectivity index (χ3v) is 5.22. The van der Waals surface area contributed by atoms with Gasteiger partial charge in [-0.2, -0.15) is 0 Å². The van der Waals surface area contributed by atoms with Crippen LogP contribution in [0.1, 0.15) is 23.7 Å². The van der Waals surface area contributed by atoms with Crippen molar-refractivity contribution in [3.05, 3.63) is 38.9 Å². The van der Waals surface area contributed by atoms with Gasteiger partial charge in [0.15, 0.2) is 0 Å². The summed E-state index contributed by atoms with van der Waals surface area (Å²) in [5.41, 5.74) is 8.67. The lowest BCUT2D eigenvalue weighted by Gasteiger charge is -2.37. The van der Waals surface area contributed by atoms with E-state index in [1.165, 1.54) is 0 Å². The van der Waals surface area contributed by atoms with Crippen molar-refractivity contribution in [3.8, 4) is 11.3 Å². The summed E-state index contributed by atoms with van der Waals surface area (Å²) in [7, 11) is 0. The molecule has 0 saturated carbocycles. The second kappa shape index (κ2) is 5.32. The second-order valence-electron chi connectivity index (χ2n) is 6.40. The molecule has 0 aliphatic carbocycles. The van der Waals surface area contributed by atoms with Gasteiger partial charge >= 0.3 is 0 Å². The molecule has 0 spiro atoms. The van der Waals surface area contributed by atoms with Gasteiger partial charge in [0.05, 0.1) is 16.4 Å². The molecular formula is C16H18ClN5O. The Hall–Kier alpha value is -1.92. The van der Waals surface area contributed by atoms with Crippen molar-refractivity contribution in [1.82, 2.24) is 19.9 Å². The molecule has 2 aliphatic rings. The van der Waals surface area contributed by atoms with Crippen LogP contribution in [0.3, 0.4) is 0 Å². The molecule has 23 heavy (non-hydrogen) atoms. The lowest BCUT2D eigenvalue weighted by molar-refractivity contribution is 0.257. The molecular weight excluding hydrogens is 314 g/mol. The van der Waals surface area contributed by atoms with Crippen molar-refractivity contribution in [3.63, 3.8) is 0 Å². The molecule has 2 aliphatic heterocycles. The van der Waals surface area contributed by atoms with Crippen LogP contribution in [0, 0.1) is 12.8 Å². The minimum Gasteiger partial charge on any atom is -0.368 e. The summed E-state index contributed by atoms with van der Waals surface area (Å²) >= 11 is 6.34. The average Bonchev–Trinajstić information content (AvgIpc) is 2.52. The fourth-order valence-electron chi connectivity index (χ4n) is 3.71. The van der Waals surface area contributed by atoms with E-state index in [2.05, 4.69) is 15.3 Å². The molecule has 2 bridgehead atoms. The quantitative estimate of drug-likeness (QED) is 0.828. The number of piperidine rings is 1. The molecule has 1 saturated heterocycles. The molecule has 120 valence electrons. The number of pyridine rings is 1. The van der Waals surface area contributed by atoms with E-state index in [4.69, 9.17) is 17.3 Å². The molecule has 2 aromatic heterocycles. The van der Waals surface area contributed by atoms with E-state index < -0.39 is 0 Å². The highest BCUT2D eigenvalue weighted by Gasteiger charge is 2.31. The maximum atomic E-state index is 12.6. The van der Waals surface area contributed by atoms with Gasteiger partial charge in [-0.1, -0.05) is 11.6 Å². The van der Waals surface area contributed by atoms with E-state index in [0.29, 0.717) is 33.8 Å². The monoisotopic (exact) mass is 331 g/mol. The van der Waals surface area contributed by atoms with Crippen LogP contribution in [-0.2, 0) is 6.54 Å². The zero-order chi connectivity index (χ0) is 16.1. The third-order valence-electron chi connectivity index (χ3n) is 4.77. The highest BCUT2D eigenvalue weighted by atomic mass is 35.5. The van der Waals surface area contributed by atoms with E-state index in [9.17, 15) is 4.79 Å². The van der Waals surface area contributed by atoms with E-state index >= 15 is 0 Å². The van der Waals surface area contributed by atoms with Crippen molar-refractivity contribution in [2.45, 2.75) is 25.8 Å². The predicted molar refractivity (Wildman–Crippen MR) is 89.6 cm³/mol. The molecule has 2 aromatic rings. The standard InChI is InChI=1S/C16H18ClN5O/c1-8-14(17)15(21-16(18)20-8)10-3-12-11-2-9(5-19-6-11)7-22(12)13(23)4-10/h3-4,9,11,19H,2,5-7H2,1H3,(H2,18,20,21)/t9-,11+/m0/s1. The Morgan fingerprint density at radius 1 is 1.35 bits per heavy atom. The molecule has 1 fully saturated rings. The summed E-state index contributed by atoms with van der Waals surface area (Å²) in [5, 5.41) is 3.89. The minimum atomic E-state index is 0.00000315. The molecule has 2 atom stereocenters. The van der Waals surface area contributed by atoms with Crippen LogP contribution in [0.4, 0.5) is 5.95 Å². The molecule has 0 aromatic carbocycles. The van der Waals surface area contributed by atoms with E-state index in [1.807, 2.05) is 10.6 Å². The second-order valence-corrected chi connectivity index (χ2v) is 6.78. The van der Waals surface area contributed by atoms with Crippen LogP contribution in [0.15, 0.2) is 16.9 Å². The van der Waals surface area contributed by atoms with E-state index in [1.54, 1.807) is 13.0 Å². The summed E-state index contributed by atoms with van der Waals surface area (Å²) in [6.45, 7) is 4.44. The molecule has 0 radical (unpaired) electrons. The fourth-order valence-corrected chi connectivity index (χ4v) is 3.91. The number of nitrogen functional groups attached to an aromatic ring is 1. The van der Waals surface area contributed by atoms with Crippen molar-refractivity contribution >= 4 is 17.5 Å². The van der Waals surface area contributed by atoms with Gasteiger partial charge in [0.2, 0.25) is 5.95 Å². The Balaban J connectivity index is 1.90. The topological polar surface area (TPSA) is 85.8 Å². The third kappa shape index (κ3) is 2.42. The first-order valence-corrected chi connectivity index (χ1v) is 8.16. The lowest BCUT2D eigenvalue weighted by Crippen LogP contribution is -2.44. The number of hydrogen-bond donors (Lipinski definition) is 2. The number of aryl methyl sites for hydroxylation is 1. The van der Waals surface area contributed by atoms with Crippen molar-refractivity contribution in [2.24, 2.45) is 5.92 Å². The van der Waals surface area contributed by atoms with Crippen LogP contribution in [0.2, 0.25) is 5.02 Å². The van der Waals surface area contributed by atoms with Crippen molar-refractivity contribution in [1.29, 1.82) is 0 Å². The molecule has 3 N–H and O–H groups in total. The summed E-state index contributed by atoms with van der Waals surface area (Å²) in [5.74, 6) is 1.05.